The fourth-order valence-corrected chi connectivity index (χ4v) is 5.36. The zero-order valence-corrected chi connectivity index (χ0v) is 20.1. The van der Waals surface area contributed by atoms with Crippen LogP contribution in [0.2, 0.25) is 0 Å². The summed E-state index contributed by atoms with van der Waals surface area (Å²) < 4.78 is 66.5. The highest BCUT2D eigenvalue weighted by Gasteiger charge is 2.35. The minimum Gasteiger partial charge on any atom is -0.373 e. The van der Waals surface area contributed by atoms with Crippen LogP contribution in [0.1, 0.15) is 24.0 Å². The molecule has 1 aliphatic heterocycles. The van der Waals surface area contributed by atoms with Gasteiger partial charge in [-0.1, -0.05) is 12.1 Å². The molecule has 0 aliphatic carbocycles. The molecule has 3 aromatic rings. The number of anilines is 1. The summed E-state index contributed by atoms with van der Waals surface area (Å²) in [5.41, 5.74) is 0.911. The molecule has 1 amide bonds. The number of halogens is 4. The molecule has 2 heterocycles. The molecule has 1 aliphatic rings. The number of nitrogens with zero attached hydrogens (tertiary/aromatic N) is 2. The topological polar surface area (TPSA) is 74.3 Å². The van der Waals surface area contributed by atoms with Crippen LogP contribution in [-0.4, -0.2) is 39.0 Å². The van der Waals surface area contributed by atoms with Crippen molar-refractivity contribution in [3.63, 3.8) is 0 Å². The molecular formula is C25H24F4N4O2S. The maximum absolute atomic E-state index is 13.2. The van der Waals surface area contributed by atoms with Crippen molar-refractivity contribution < 1.29 is 26.6 Å². The predicted octanol–water partition coefficient (Wildman–Crippen LogP) is 4.75. The van der Waals surface area contributed by atoms with Crippen LogP contribution in [0.5, 0.6) is 0 Å². The van der Waals surface area contributed by atoms with Gasteiger partial charge in [0.1, 0.15) is 28.7 Å². The Labute approximate surface area is 208 Å². The molecule has 36 heavy (non-hydrogen) atoms. The third-order valence-electron chi connectivity index (χ3n) is 5.85. The van der Waals surface area contributed by atoms with Crippen LogP contribution < -0.4 is 10.6 Å². The van der Waals surface area contributed by atoms with Crippen molar-refractivity contribution in [2.75, 3.05) is 18.9 Å². The van der Waals surface area contributed by atoms with Crippen molar-refractivity contribution in [3.8, 4) is 11.3 Å². The number of hydrogen-bond donors (Lipinski definition) is 2. The molecule has 0 saturated carbocycles. The number of alkyl halides is 3. The van der Waals surface area contributed by atoms with Crippen LogP contribution in [-0.2, 0) is 28.5 Å². The van der Waals surface area contributed by atoms with E-state index in [0.717, 1.165) is 12.1 Å². The summed E-state index contributed by atoms with van der Waals surface area (Å²) in [6.07, 6.45) is -3.20. The normalized spacial score (nSPS) is 17.1. The van der Waals surface area contributed by atoms with Crippen molar-refractivity contribution in [1.82, 2.24) is 14.6 Å². The number of aromatic nitrogens is 1. The Balaban J connectivity index is 1.47. The zero-order chi connectivity index (χ0) is 25.9. The van der Waals surface area contributed by atoms with Gasteiger partial charge in [0.15, 0.2) is 0 Å². The van der Waals surface area contributed by atoms with E-state index in [1.807, 2.05) is 0 Å². The third-order valence-corrected chi connectivity index (χ3v) is 7.39. The van der Waals surface area contributed by atoms with Crippen LogP contribution >= 0.6 is 0 Å². The van der Waals surface area contributed by atoms with Crippen molar-refractivity contribution in [2.45, 2.75) is 36.5 Å². The molecule has 0 bridgehead atoms. The van der Waals surface area contributed by atoms with E-state index in [9.17, 15) is 26.6 Å². The molecule has 6 nitrogen and oxygen atoms in total. The first kappa shape index (κ1) is 25.8. The van der Waals surface area contributed by atoms with Crippen LogP contribution in [0.4, 0.5) is 23.4 Å². The Hall–Kier alpha value is -3.31. The van der Waals surface area contributed by atoms with Crippen LogP contribution in [0.25, 0.3) is 11.3 Å². The van der Waals surface area contributed by atoms with Gasteiger partial charge in [-0.3, -0.25) is 4.79 Å². The number of carbonyl (C=O) groups excluding carboxylic acids is 1. The van der Waals surface area contributed by atoms with Crippen molar-refractivity contribution >= 4 is 22.7 Å². The minimum atomic E-state index is -4.43. The number of pyridine rings is 1. The number of nitrogens with one attached hydrogen (secondary N) is 2. The lowest BCUT2D eigenvalue weighted by Gasteiger charge is -2.22. The van der Waals surface area contributed by atoms with Crippen molar-refractivity contribution in [1.29, 1.82) is 0 Å². The monoisotopic (exact) mass is 520 g/mol. The SMILES string of the molecule is CNc1cc(CNC(=O)[C@@H]2CCCN2S(=O)c2ccc(F)cc2)cc(-c2ccc(C(F)(F)F)cc2)n1. The molecule has 1 unspecified atom stereocenters. The number of rotatable bonds is 7. The first-order chi connectivity index (χ1) is 17.2. The van der Waals surface area contributed by atoms with Gasteiger partial charge in [0.2, 0.25) is 5.91 Å². The van der Waals surface area contributed by atoms with Crippen LogP contribution in [0, 0.1) is 5.82 Å². The van der Waals surface area contributed by atoms with Gasteiger partial charge < -0.3 is 10.6 Å². The second-order valence-electron chi connectivity index (χ2n) is 8.29. The summed E-state index contributed by atoms with van der Waals surface area (Å²) in [4.78, 5) is 17.8. The quantitative estimate of drug-likeness (QED) is 0.441. The minimum absolute atomic E-state index is 0.150. The predicted molar refractivity (Wildman–Crippen MR) is 129 cm³/mol. The van der Waals surface area contributed by atoms with Crippen LogP contribution in [0.3, 0.4) is 0 Å². The highest BCUT2D eigenvalue weighted by atomic mass is 32.2. The molecule has 190 valence electrons. The van der Waals surface area contributed by atoms with Gasteiger partial charge in [-0.25, -0.2) is 17.9 Å². The van der Waals surface area contributed by atoms with Gasteiger partial charge in [-0.05, 0) is 66.9 Å². The smallest absolute Gasteiger partial charge is 0.373 e. The maximum atomic E-state index is 13.2. The Morgan fingerprint density at radius 1 is 1.11 bits per heavy atom. The standard InChI is InChI=1S/C25H24F4N4O2S/c1-30-23-14-16(13-21(32-23)17-4-6-18(7-5-17)25(27,28)29)15-31-24(34)22-3-2-12-33(22)36(35)20-10-8-19(26)9-11-20/h4-11,13-14,22H,2-3,12,15H2,1H3,(H,30,32)(H,31,34)/t22-,36?/m0/s1. The molecular weight excluding hydrogens is 496 g/mol. The molecule has 4 rings (SSSR count). The number of carbonyl (C=O) groups is 1. The fourth-order valence-electron chi connectivity index (χ4n) is 3.99. The molecule has 0 radical (unpaired) electrons. The summed E-state index contributed by atoms with van der Waals surface area (Å²) in [6.45, 7) is 0.622. The first-order valence-corrected chi connectivity index (χ1v) is 12.3. The average Bonchev–Trinajstić information content (AvgIpc) is 3.37. The lowest BCUT2D eigenvalue weighted by Crippen LogP contribution is -2.43. The Morgan fingerprint density at radius 3 is 2.44 bits per heavy atom. The third kappa shape index (κ3) is 5.90. The van der Waals surface area contributed by atoms with Crippen LogP contribution in [0.15, 0.2) is 65.6 Å². The highest BCUT2D eigenvalue weighted by molar-refractivity contribution is 7.82. The Kier molecular flexibility index (Phi) is 7.70. The summed E-state index contributed by atoms with van der Waals surface area (Å²) in [5, 5.41) is 5.79. The van der Waals surface area contributed by atoms with Gasteiger partial charge in [-0.2, -0.15) is 13.2 Å². The van der Waals surface area contributed by atoms with E-state index in [1.54, 1.807) is 23.5 Å². The lowest BCUT2D eigenvalue weighted by atomic mass is 10.1. The van der Waals surface area contributed by atoms with E-state index in [4.69, 9.17) is 0 Å². The molecule has 11 heteroatoms. The number of benzene rings is 2. The second kappa shape index (κ2) is 10.8. The number of amides is 1. The summed E-state index contributed by atoms with van der Waals surface area (Å²) in [7, 11) is 0.0669. The Morgan fingerprint density at radius 2 is 1.81 bits per heavy atom. The number of hydrogen-bond acceptors (Lipinski definition) is 4. The highest BCUT2D eigenvalue weighted by Crippen LogP contribution is 2.31. The van der Waals surface area contributed by atoms with E-state index in [2.05, 4.69) is 15.6 Å². The molecule has 1 saturated heterocycles. The Bertz CT molecular complexity index is 1250. The van der Waals surface area contributed by atoms with Crippen molar-refractivity contribution in [3.05, 3.63) is 77.6 Å². The van der Waals surface area contributed by atoms with Crippen molar-refractivity contribution in [2.24, 2.45) is 0 Å². The molecule has 1 aromatic heterocycles. The molecule has 0 spiro atoms. The van der Waals surface area contributed by atoms with E-state index >= 15 is 0 Å². The van der Waals surface area contributed by atoms with Gasteiger partial charge in [-0.15, -0.1) is 0 Å². The van der Waals surface area contributed by atoms with Gasteiger partial charge in [0, 0.05) is 25.7 Å². The maximum Gasteiger partial charge on any atom is 0.416 e. The molecule has 2 N–H and O–H groups in total. The summed E-state index contributed by atoms with van der Waals surface area (Å²) in [5.74, 6) is -0.223. The molecule has 2 aromatic carbocycles. The van der Waals surface area contributed by atoms with E-state index < -0.39 is 34.6 Å². The van der Waals surface area contributed by atoms with E-state index in [1.165, 1.54) is 36.4 Å². The largest absolute Gasteiger partial charge is 0.416 e. The van der Waals surface area contributed by atoms with Gasteiger partial charge >= 0.3 is 6.18 Å². The van der Waals surface area contributed by atoms with E-state index in [-0.39, 0.29) is 12.5 Å². The van der Waals surface area contributed by atoms with Gasteiger partial charge in [0.25, 0.3) is 0 Å². The van der Waals surface area contributed by atoms with Gasteiger partial charge in [0.05, 0.1) is 16.2 Å². The summed E-state index contributed by atoms with van der Waals surface area (Å²) >= 11 is 0. The second-order valence-corrected chi connectivity index (χ2v) is 9.73. The summed E-state index contributed by atoms with van der Waals surface area (Å²) in [6, 6.07) is 12.9. The lowest BCUT2D eigenvalue weighted by molar-refractivity contribution is -0.137. The van der Waals surface area contributed by atoms with E-state index in [0.29, 0.717) is 46.9 Å². The zero-order valence-electron chi connectivity index (χ0n) is 19.3. The first-order valence-electron chi connectivity index (χ1n) is 11.2. The average molecular weight is 521 g/mol. The molecule has 1 fully saturated rings. The molecule has 2 atom stereocenters. The fraction of sp³-hybridized carbons (Fsp3) is 0.280.